The third-order valence-corrected chi connectivity index (χ3v) is 5.54. The molecule has 5 heteroatoms. The minimum atomic E-state index is -0.885. The molecule has 3 rings (SSSR count). The molecule has 0 aliphatic heterocycles. The van der Waals surface area contributed by atoms with E-state index in [1.807, 2.05) is 23.5 Å². The number of carboxylic acids is 1. The molecule has 3 nitrogen and oxygen atoms in total. The average Bonchev–Trinajstić information content (AvgIpc) is 2.80. The quantitative estimate of drug-likeness (QED) is 0.746. The minimum absolute atomic E-state index is 0.221. The monoisotopic (exact) mass is 399 g/mol. The molecule has 1 aromatic carbocycles. The second-order valence-electron chi connectivity index (χ2n) is 4.87. The van der Waals surface area contributed by atoms with Gasteiger partial charge in [0.2, 0.25) is 0 Å². The molecule has 0 bridgehead atoms. The summed E-state index contributed by atoms with van der Waals surface area (Å²) in [6.07, 6.45) is 3.34. The first kappa shape index (κ1) is 13.9. The van der Waals surface area contributed by atoms with Crippen molar-refractivity contribution >= 4 is 45.6 Å². The Morgan fingerprint density at radius 1 is 1.40 bits per heavy atom. The highest BCUT2D eigenvalue weighted by molar-refractivity contribution is 14.1. The lowest BCUT2D eigenvalue weighted by Crippen LogP contribution is -2.17. The van der Waals surface area contributed by atoms with Crippen LogP contribution in [-0.4, -0.2) is 11.1 Å². The summed E-state index contributed by atoms with van der Waals surface area (Å²) in [5, 5.41) is 12.7. The highest BCUT2D eigenvalue weighted by Gasteiger charge is 2.23. The van der Waals surface area contributed by atoms with Gasteiger partial charge in [0, 0.05) is 10.6 Å². The van der Waals surface area contributed by atoms with Crippen molar-refractivity contribution in [3.63, 3.8) is 0 Å². The van der Waals surface area contributed by atoms with Gasteiger partial charge in [-0.2, -0.15) is 0 Å². The van der Waals surface area contributed by atoms with Crippen LogP contribution in [0.1, 0.15) is 39.7 Å². The number of fused-ring (bicyclic) bond motifs is 1. The fourth-order valence-corrected chi connectivity index (χ4v) is 4.77. The summed E-state index contributed by atoms with van der Waals surface area (Å²) >= 11 is 4.20. The second kappa shape index (κ2) is 5.73. The number of carbonyl (C=O) groups is 1. The van der Waals surface area contributed by atoms with Crippen LogP contribution < -0.4 is 5.32 Å². The number of nitrogens with one attached hydrogen (secondary N) is 1. The highest BCUT2D eigenvalue weighted by Crippen LogP contribution is 2.38. The Labute approximate surface area is 135 Å². The molecule has 2 N–H and O–H groups in total. The van der Waals surface area contributed by atoms with E-state index in [1.54, 1.807) is 12.1 Å². The molecule has 0 saturated carbocycles. The van der Waals surface area contributed by atoms with Crippen LogP contribution in [0.4, 0.5) is 5.69 Å². The molecule has 1 unspecified atom stereocenters. The number of carboxylic acid groups (broad SMARTS) is 1. The van der Waals surface area contributed by atoms with Crippen molar-refractivity contribution in [1.29, 1.82) is 0 Å². The molecule has 104 valence electrons. The fraction of sp³-hybridized carbons (Fsp3) is 0.267. The summed E-state index contributed by atoms with van der Waals surface area (Å²) in [5.74, 6) is -0.885. The molecule has 1 aliphatic carbocycles. The van der Waals surface area contributed by atoms with E-state index in [4.69, 9.17) is 0 Å². The van der Waals surface area contributed by atoms with Gasteiger partial charge < -0.3 is 10.4 Å². The van der Waals surface area contributed by atoms with E-state index >= 15 is 0 Å². The Balaban J connectivity index is 1.91. The summed E-state index contributed by atoms with van der Waals surface area (Å²) in [6, 6.07) is 9.56. The number of anilines is 1. The van der Waals surface area contributed by atoms with Crippen LogP contribution in [-0.2, 0) is 6.42 Å². The van der Waals surface area contributed by atoms with Crippen LogP contribution in [0.25, 0.3) is 0 Å². The van der Waals surface area contributed by atoms with Crippen molar-refractivity contribution in [3.05, 3.63) is 49.2 Å². The zero-order valence-corrected chi connectivity index (χ0v) is 13.7. The highest BCUT2D eigenvalue weighted by atomic mass is 127. The first-order chi connectivity index (χ1) is 9.65. The van der Waals surface area contributed by atoms with Crippen molar-refractivity contribution in [2.45, 2.75) is 25.3 Å². The van der Waals surface area contributed by atoms with Gasteiger partial charge in [-0.1, -0.05) is 12.1 Å². The molecule has 0 saturated heterocycles. The van der Waals surface area contributed by atoms with Crippen molar-refractivity contribution in [3.8, 4) is 0 Å². The zero-order chi connectivity index (χ0) is 14.1. The predicted octanol–water partition coefficient (Wildman–Crippen LogP) is 4.54. The number of hydrogen-bond acceptors (Lipinski definition) is 3. The smallest absolute Gasteiger partial charge is 0.337 e. The molecule has 2 aromatic rings. The fourth-order valence-electron chi connectivity index (χ4n) is 2.65. The average molecular weight is 399 g/mol. The van der Waals surface area contributed by atoms with E-state index in [9.17, 15) is 9.90 Å². The maximum absolute atomic E-state index is 11.3. The van der Waals surface area contributed by atoms with Gasteiger partial charge in [-0.05, 0) is 65.6 Å². The topological polar surface area (TPSA) is 49.3 Å². The number of aryl methyl sites for hydroxylation is 1. The number of halogens is 1. The van der Waals surface area contributed by atoms with Gasteiger partial charge in [0.1, 0.15) is 0 Å². The maximum atomic E-state index is 11.3. The van der Waals surface area contributed by atoms with Gasteiger partial charge in [-0.3, -0.25) is 0 Å². The Bertz CT molecular complexity index is 653. The van der Waals surface area contributed by atoms with Gasteiger partial charge in [-0.15, -0.1) is 11.3 Å². The zero-order valence-electron chi connectivity index (χ0n) is 10.7. The van der Waals surface area contributed by atoms with Crippen molar-refractivity contribution in [2.24, 2.45) is 0 Å². The molecule has 0 amide bonds. The number of thiophene rings is 1. The molecule has 1 aromatic heterocycles. The van der Waals surface area contributed by atoms with Crippen LogP contribution in [0.5, 0.6) is 0 Å². The van der Waals surface area contributed by atoms with Crippen LogP contribution in [0.15, 0.2) is 30.3 Å². The summed E-state index contributed by atoms with van der Waals surface area (Å²) in [6.45, 7) is 0. The Morgan fingerprint density at radius 3 is 3.00 bits per heavy atom. The Hall–Kier alpha value is -1.08. The Morgan fingerprint density at radius 2 is 2.20 bits per heavy atom. The normalized spacial score (nSPS) is 17.6. The van der Waals surface area contributed by atoms with Gasteiger partial charge in [0.15, 0.2) is 0 Å². The molecule has 0 radical (unpaired) electrons. The largest absolute Gasteiger partial charge is 0.478 e. The second-order valence-corrected chi connectivity index (χ2v) is 7.90. The van der Waals surface area contributed by atoms with Crippen molar-refractivity contribution in [2.75, 3.05) is 5.32 Å². The van der Waals surface area contributed by atoms with E-state index in [1.165, 1.54) is 13.3 Å². The van der Waals surface area contributed by atoms with Gasteiger partial charge >= 0.3 is 5.97 Å². The lowest BCUT2D eigenvalue weighted by Gasteiger charge is -2.25. The van der Waals surface area contributed by atoms with Crippen LogP contribution in [0.2, 0.25) is 0 Å². The summed E-state index contributed by atoms with van der Waals surface area (Å²) < 4.78 is 1.30. The van der Waals surface area contributed by atoms with Crippen LogP contribution >= 0.6 is 33.9 Å². The van der Waals surface area contributed by atoms with Gasteiger partial charge in [-0.25, -0.2) is 4.79 Å². The van der Waals surface area contributed by atoms with Crippen LogP contribution in [0, 0.1) is 2.88 Å². The van der Waals surface area contributed by atoms with Gasteiger partial charge in [0.05, 0.1) is 14.5 Å². The molecule has 1 aliphatic rings. The third-order valence-electron chi connectivity index (χ3n) is 3.57. The van der Waals surface area contributed by atoms with E-state index in [-0.39, 0.29) is 6.04 Å². The summed E-state index contributed by atoms with van der Waals surface area (Å²) in [5.41, 5.74) is 2.38. The summed E-state index contributed by atoms with van der Waals surface area (Å²) in [7, 11) is 0. The Kier molecular flexibility index (Phi) is 3.98. The van der Waals surface area contributed by atoms with Crippen LogP contribution in [0.3, 0.4) is 0 Å². The molecule has 1 heterocycles. The lowest BCUT2D eigenvalue weighted by molar-refractivity contribution is 0.0698. The van der Waals surface area contributed by atoms with Crippen molar-refractivity contribution in [1.82, 2.24) is 0 Å². The van der Waals surface area contributed by atoms with Crippen molar-refractivity contribution < 1.29 is 9.90 Å². The van der Waals surface area contributed by atoms with E-state index < -0.39 is 5.97 Å². The summed E-state index contributed by atoms with van der Waals surface area (Å²) in [4.78, 5) is 12.7. The number of rotatable bonds is 3. The van der Waals surface area contributed by atoms with E-state index in [2.05, 4.69) is 34.0 Å². The first-order valence-electron chi connectivity index (χ1n) is 6.52. The number of benzene rings is 1. The first-order valence-corrected chi connectivity index (χ1v) is 8.41. The standard InChI is InChI=1S/C15H14INO2S/c16-14-8-10-12(6-3-7-13(10)20-14)17-11-5-2-1-4-9(11)15(18)19/h1-2,4-5,8,12,17H,3,6-7H2,(H,18,19). The van der Waals surface area contributed by atoms with Gasteiger partial charge in [0.25, 0.3) is 0 Å². The molecule has 20 heavy (non-hydrogen) atoms. The predicted molar refractivity (Wildman–Crippen MR) is 89.7 cm³/mol. The number of hydrogen-bond donors (Lipinski definition) is 2. The lowest BCUT2D eigenvalue weighted by atomic mass is 9.93. The van der Waals surface area contributed by atoms with E-state index in [0.717, 1.165) is 19.3 Å². The maximum Gasteiger partial charge on any atom is 0.337 e. The number of para-hydroxylation sites is 1. The molecule has 0 spiro atoms. The SMILES string of the molecule is O=C(O)c1ccccc1NC1CCCc2sc(I)cc21. The molecule has 1 atom stereocenters. The molecular formula is C15H14INO2S. The molecular weight excluding hydrogens is 385 g/mol. The molecule has 0 fully saturated rings. The third kappa shape index (κ3) is 2.69. The number of aromatic carboxylic acids is 1. The minimum Gasteiger partial charge on any atom is -0.478 e. The van der Waals surface area contributed by atoms with E-state index in [0.29, 0.717) is 11.3 Å².